The minimum Gasteiger partial charge on any atom is -0.487 e. The second kappa shape index (κ2) is 10.5. The van der Waals surface area contributed by atoms with Gasteiger partial charge in [-0.3, -0.25) is 18.7 Å². The molecular formula is C24H25F6N5O4S. The van der Waals surface area contributed by atoms with Crippen molar-refractivity contribution in [3.05, 3.63) is 41.5 Å². The van der Waals surface area contributed by atoms with Gasteiger partial charge in [-0.05, 0) is 57.0 Å². The lowest BCUT2D eigenvalue weighted by Gasteiger charge is -2.37. The molecular weight excluding hydrogens is 568 g/mol. The van der Waals surface area contributed by atoms with Crippen LogP contribution in [0.3, 0.4) is 0 Å². The number of aromatic nitrogens is 1. The SMILES string of the molecule is Cn1cc2c(c1C(=O)Nc1ccc(F)c(C(F)F)c1)OC[C@@]1(CCNC1)N(C(=O)C(=O)NC(C)(C)C(F)(F)F)S2. The number of carbonyl (C=O) groups is 3. The predicted octanol–water partition coefficient (Wildman–Crippen LogP) is 3.77. The van der Waals surface area contributed by atoms with Crippen LogP contribution in [0.1, 0.15) is 42.7 Å². The topological polar surface area (TPSA) is 105 Å². The van der Waals surface area contributed by atoms with Crippen LogP contribution in [-0.2, 0) is 16.6 Å². The molecule has 0 aliphatic carbocycles. The Morgan fingerprint density at radius 2 is 1.90 bits per heavy atom. The van der Waals surface area contributed by atoms with Gasteiger partial charge in [0, 0.05) is 25.5 Å². The summed E-state index contributed by atoms with van der Waals surface area (Å²) in [5, 5.41) is 7.21. The summed E-state index contributed by atoms with van der Waals surface area (Å²) >= 11 is 0.738. The lowest BCUT2D eigenvalue weighted by molar-refractivity contribution is -0.189. The highest BCUT2D eigenvalue weighted by Gasteiger charge is 2.52. The van der Waals surface area contributed by atoms with Gasteiger partial charge in [-0.1, -0.05) is 0 Å². The number of benzene rings is 1. The third kappa shape index (κ3) is 5.46. The van der Waals surface area contributed by atoms with E-state index in [2.05, 4.69) is 10.6 Å². The molecule has 1 aromatic heterocycles. The molecule has 9 nitrogen and oxygen atoms in total. The molecule has 3 heterocycles. The van der Waals surface area contributed by atoms with Crippen molar-refractivity contribution in [2.45, 2.75) is 48.8 Å². The van der Waals surface area contributed by atoms with E-state index in [1.54, 1.807) is 5.32 Å². The Balaban J connectivity index is 1.64. The van der Waals surface area contributed by atoms with Gasteiger partial charge in [0.2, 0.25) is 0 Å². The smallest absolute Gasteiger partial charge is 0.410 e. The van der Waals surface area contributed by atoms with E-state index in [1.165, 1.54) is 17.8 Å². The minimum absolute atomic E-state index is 0.0128. The quantitative estimate of drug-likeness (QED) is 0.283. The molecule has 16 heteroatoms. The Morgan fingerprint density at radius 1 is 1.20 bits per heavy atom. The van der Waals surface area contributed by atoms with Crippen molar-refractivity contribution in [3.8, 4) is 5.75 Å². The molecule has 0 unspecified atom stereocenters. The fourth-order valence-corrected chi connectivity index (χ4v) is 5.48. The van der Waals surface area contributed by atoms with Crippen molar-refractivity contribution in [1.82, 2.24) is 19.5 Å². The molecule has 1 aromatic carbocycles. The van der Waals surface area contributed by atoms with E-state index in [0.717, 1.165) is 48.3 Å². The Bertz CT molecular complexity index is 1340. The van der Waals surface area contributed by atoms with Crippen molar-refractivity contribution < 1.29 is 45.5 Å². The average Bonchev–Trinajstić information content (AvgIpc) is 3.41. The van der Waals surface area contributed by atoms with Crippen molar-refractivity contribution >= 4 is 35.4 Å². The Morgan fingerprint density at radius 3 is 2.50 bits per heavy atom. The lowest BCUT2D eigenvalue weighted by Crippen LogP contribution is -2.61. The summed E-state index contributed by atoms with van der Waals surface area (Å²) in [6.45, 7) is 1.83. The predicted molar refractivity (Wildman–Crippen MR) is 131 cm³/mol. The highest BCUT2D eigenvalue weighted by atomic mass is 32.2. The molecule has 3 amide bonds. The maximum atomic E-state index is 13.7. The van der Waals surface area contributed by atoms with E-state index in [1.807, 2.05) is 0 Å². The van der Waals surface area contributed by atoms with E-state index < -0.39 is 52.8 Å². The van der Waals surface area contributed by atoms with Crippen LogP contribution >= 0.6 is 11.9 Å². The molecule has 1 fully saturated rings. The first kappa shape index (κ1) is 29.6. The van der Waals surface area contributed by atoms with Gasteiger partial charge in [-0.15, -0.1) is 0 Å². The summed E-state index contributed by atoms with van der Waals surface area (Å²) in [4.78, 5) is 39.4. The molecule has 40 heavy (non-hydrogen) atoms. The fraction of sp³-hybridized carbons (Fsp3) is 0.458. The molecule has 1 saturated heterocycles. The second-order valence-corrected chi connectivity index (χ2v) is 11.0. The molecule has 2 aliphatic heterocycles. The number of nitrogens with zero attached hydrogens (tertiary/aromatic N) is 2. The zero-order valence-corrected chi connectivity index (χ0v) is 22.2. The summed E-state index contributed by atoms with van der Waals surface area (Å²) in [6.07, 6.45) is -6.21. The first-order valence-corrected chi connectivity index (χ1v) is 12.7. The van der Waals surface area contributed by atoms with Gasteiger partial charge in [0.1, 0.15) is 23.5 Å². The molecule has 218 valence electrons. The van der Waals surface area contributed by atoms with Crippen LogP contribution in [0.2, 0.25) is 0 Å². The number of hydrogen-bond acceptors (Lipinski definition) is 6. The molecule has 1 spiro atoms. The third-order valence-electron chi connectivity index (χ3n) is 6.65. The van der Waals surface area contributed by atoms with Gasteiger partial charge in [-0.2, -0.15) is 13.2 Å². The minimum atomic E-state index is -4.82. The number of nitrogens with one attached hydrogen (secondary N) is 3. The van der Waals surface area contributed by atoms with Crippen molar-refractivity contribution in [1.29, 1.82) is 0 Å². The molecule has 2 aromatic rings. The first-order valence-electron chi connectivity index (χ1n) is 11.9. The van der Waals surface area contributed by atoms with Gasteiger partial charge in [-0.25, -0.2) is 13.2 Å². The van der Waals surface area contributed by atoms with Gasteiger partial charge >= 0.3 is 18.0 Å². The van der Waals surface area contributed by atoms with Crippen LogP contribution in [-0.4, -0.2) is 63.5 Å². The third-order valence-corrected chi connectivity index (χ3v) is 7.87. The number of carbonyl (C=O) groups excluding carboxylic acids is 3. The van der Waals surface area contributed by atoms with Crippen molar-refractivity contribution in [2.24, 2.45) is 7.05 Å². The number of amides is 3. The fourth-order valence-electron chi connectivity index (χ4n) is 4.27. The maximum absolute atomic E-state index is 13.7. The number of hydrogen-bond donors (Lipinski definition) is 3. The Labute approximate surface area is 228 Å². The maximum Gasteiger partial charge on any atom is 0.410 e. The van der Waals surface area contributed by atoms with Crippen LogP contribution in [0.4, 0.5) is 32.0 Å². The summed E-state index contributed by atoms with van der Waals surface area (Å²) in [5.41, 5.74) is -4.88. The van der Waals surface area contributed by atoms with Gasteiger partial charge < -0.3 is 25.3 Å². The number of rotatable bonds is 4. The zero-order chi connectivity index (χ0) is 29.6. The largest absolute Gasteiger partial charge is 0.487 e. The van der Waals surface area contributed by atoms with E-state index in [9.17, 15) is 40.7 Å². The van der Waals surface area contributed by atoms with E-state index in [4.69, 9.17) is 4.74 Å². The summed E-state index contributed by atoms with van der Waals surface area (Å²) in [6, 6.07) is 2.70. The lowest BCUT2D eigenvalue weighted by atomic mass is 9.99. The number of alkyl halides is 5. The van der Waals surface area contributed by atoms with E-state index in [0.29, 0.717) is 13.0 Å². The number of ether oxygens (including phenoxy) is 1. The number of fused-ring (bicyclic) bond motifs is 1. The Kier molecular flexibility index (Phi) is 7.79. The van der Waals surface area contributed by atoms with Crippen molar-refractivity contribution in [3.63, 3.8) is 0 Å². The second-order valence-electron chi connectivity index (χ2n) is 9.98. The molecule has 0 saturated carbocycles. The summed E-state index contributed by atoms with van der Waals surface area (Å²) in [7, 11) is 1.47. The number of aryl methyl sites for hydroxylation is 1. The van der Waals surface area contributed by atoms with Crippen LogP contribution < -0.4 is 20.7 Å². The zero-order valence-electron chi connectivity index (χ0n) is 21.4. The number of halogens is 6. The van der Waals surface area contributed by atoms with Crippen LogP contribution in [0.25, 0.3) is 0 Å². The van der Waals surface area contributed by atoms with E-state index >= 15 is 0 Å². The number of anilines is 1. The molecule has 0 radical (unpaired) electrons. The van der Waals surface area contributed by atoms with E-state index in [-0.39, 0.29) is 35.2 Å². The molecule has 2 aliphatic rings. The van der Waals surface area contributed by atoms with Crippen LogP contribution in [0.15, 0.2) is 29.3 Å². The van der Waals surface area contributed by atoms with Crippen LogP contribution in [0.5, 0.6) is 5.75 Å². The van der Waals surface area contributed by atoms with Crippen LogP contribution in [0, 0.1) is 5.82 Å². The molecule has 3 N–H and O–H groups in total. The summed E-state index contributed by atoms with van der Waals surface area (Å²) in [5.74, 6) is -4.62. The average molecular weight is 594 g/mol. The first-order chi connectivity index (χ1) is 18.6. The highest BCUT2D eigenvalue weighted by Crippen LogP contribution is 2.45. The summed E-state index contributed by atoms with van der Waals surface area (Å²) < 4.78 is 88.3. The Hall–Kier alpha value is -3.40. The van der Waals surface area contributed by atoms with Crippen molar-refractivity contribution in [2.75, 3.05) is 25.0 Å². The molecule has 4 rings (SSSR count). The van der Waals surface area contributed by atoms with Gasteiger partial charge in [0.05, 0.1) is 10.5 Å². The molecule has 1 atom stereocenters. The molecule has 0 bridgehead atoms. The van der Waals surface area contributed by atoms with Gasteiger partial charge in [0.25, 0.3) is 12.3 Å². The van der Waals surface area contributed by atoms with Gasteiger partial charge in [0.15, 0.2) is 11.4 Å². The normalized spacial score (nSPS) is 19.3. The standard InChI is InChI=1S/C24H25F6N5O4S/c1-22(2,24(28,29)30)33-20(37)21(38)35-23(6-7-31-10-23)11-39-17-15(40-35)9-34(3)16(17)19(36)32-12-4-5-14(25)13(8-12)18(26)27/h4-5,8-9,18,31H,6-7,10-11H2,1-3H3,(H,32,36)(H,33,37)/t23-/m0/s1. The monoisotopic (exact) mass is 593 g/mol. The highest BCUT2D eigenvalue weighted by molar-refractivity contribution is 7.97.